The lowest BCUT2D eigenvalue weighted by Gasteiger charge is -2.36. The Morgan fingerprint density at radius 2 is 2.24 bits per heavy atom. The topological polar surface area (TPSA) is 35.5 Å². The summed E-state index contributed by atoms with van der Waals surface area (Å²) >= 11 is 0. The minimum Gasteiger partial charge on any atom is -0.462 e. The van der Waals surface area contributed by atoms with E-state index in [9.17, 15) is 4.79 Å². The molecule has 1 saturated heterocycles. The Kier molecular flexibility index (Phi) is 3.94. The molecule has 0 bridgehead atoms. The highest BCUT2D eigenvalue weighted by molar-refractivity contribution is 5.81. The van der Waals surface area contributed by atoms with Crippen molar-refractivity contribution in [2.75, 3.05) is 13.2 Å². The van der Waals surface area contributed by atoms with Crippen LogP contribution in [-0.2, 0) is 14.3 Å². The zero-order chi connectivity index (χ0) is 12.1. The van der Waals surface area contributed by atoms with Gasteiger partial charge in [0.1, 0.15) is 0 Å². The SMILES string of the molecule is CC=CC(=O)OCC1COC1c1ccccc1. The summed E-state index contributed by atoms with van der Waals surface area (Å²) in [4.78, 5) is 11.2. The van der Waals surface area contributed by atoms with Gasteiger partial charge in [0, 0.05) is 12.0 Å². The molecule has 3 nitrogen and oxygen atoms in total. The van der Waals surface area contributed by atoms with Crippen LogP contribution in [0.25, 0.3) is 0 Å². The van der Waals surface area contributed by atoms with E-state index in [4.69, 9.17) is 9.47 Å². The molecule has 90 valence electrons. The van der Waals surface area contributed by atoms with Gasteiger partial charge in [0.2, 0.25) is 0 Å². The average molecular weight is 232 g/mol. The van der Waals surface area contributed by atoms with E-state index < -0.39 is 0 Å². The molecule has 1 aliphatic heterocycles. The van der Waals surface area contributed by atoms with E-state index in [1.165, 1.54) is 6.08 Å². The fourth-order valence-corrected chi connectivity index (χ4v) is 1.85. The Bertz CT molecular complexity index is 397. The fourth-order valence-electron chi connectivity index (χ4n) is 1.85. The van der Waals surface area contributed by atoms with E-state index in [1.54, 1.807) is 13.0 Å². The third-order valence-corrected chi connectivity index (χ3v) is 2.79. The number of hydrogen-bond acceptors (Lipinski definition) is 3. The minimum atomic E-state index is -0.286. The van der Waals surface area contributed by atoms with Crippen molar-refractivity contribution in [1.82, 2.24) is 0 Å². The van der Waals surface area contributed by atoms with Crippen LogP contribution in [0.2, 0.25) is 0 Å². The maximum absolute atomic E-state index is 11.2. The number of carbonyl (C=O) groups is 1. The predicted molar refractivity (Wildman–Crippen MR) is 64.4 cm³/mol. The Labute approximate surface area is 101 Å². The number of hydrogen-bond donors (Lipinski definition) is 0. The largest absolute Gasteiger partial charge is 0.462 e. The summed E-state index contributed by atoms with van der Waals surface area (Å²) in [6.45, 7) is 2.87. The van der Waals surface area contributed by atoms with Crippen LogP contribution in [0, 0.1) is 5.92 Å². The van der Waals surface area contributed by atoms with Gasteiger partial charge in [0.15, 0.2) is 0 Å². The van der Waals surface area contributed by atoms with Gasteiger partial charge in [-0.1, -0.05) is 36.4 Å². The zero-order valence-electron chi connectivity index (χ0n) is 9.84. The highest BCUT2D eigenvalue weighted by atomic mass is 16.5. The van der Waals surface area contributed by atoms with Crippen LogP contribution < -0.4 is 0 Å². The second-order valence-electron chi connectivity index (χ2n) is 4.05. The third-order valence-electron chi connectivity index (χ3n) is 2.79. The van der Waals surface area contributed by atoms with Gasteiger partial charge in [-0.3, -0.25) is 0 Å². The Morgan fingerprint density at radius 1 is 1.47 bits per heavy atom. The normalized spacial score (nSPS) is 23.4. The highest BCUT2D eigenvalue weighted by Gasteiger charge is 2.34. The molecule has 0 saturated carbocycles. The van der Waals surface area contributed by atoms with Gasteiger partial charge < -0.3 is 9.47 Å². The first-order chi connectivity index (χ1) is 8.31. The molecule has 2 atom stereocenters. The molecule has 0 N–H and O–H groups in total. The molecule has 0 spiro atoms. The fraction of sp³-hybridized carbons (Fsp3) is 0.357. The number of benzene rings is 1. The molecule has 2 rings (SSSR count). The summed E-state index contributed by atoms with van der Waals surface area (Å²) in [5, 5.41) is 0. The summed E-state index contributed by atoms with van der Waals surface area (Å²) in [5.41, 5.74) is 1.14. The summed E-state index contributed by atoms with van der Waals surface area (Å²) in [6, 6.07) is 10.0. The molecule has 0 amide bonds. The maximum atomic E-state index is 11.2. The lowest BCUT2D eigenvalue weighted by atomic mass is 9.92. The van der Waals surface area contributed by atoms with Crippen molar-refractivity contribution >= 4 is 5.97 Å². The molecule has 1 aromatic rings. The van der Waals surface area contributed by atoms with Gasteiger partial charge in [0.25, 0.3) is 0 Å². The molecular formula is C14H16O3. The van der Waals surface area contributed by atoms with E-state index in [-0.39, 0.29) is 18.0 Å². The molecule has 3 heteroatoms. The van der Waals surface area contributed by atoms with Crippen molar-refractivity contribution in [3.8, 4) is 0 Å². The summed E-state index contributed by atoms with van der Waals surface area (Å²) < 4.78 is 10.6. The van der Waals surface area contributed by atoms with E-state index in [2.05, 4.69) is 0 Å². The number of allylic oxidation sites excluding steroid dienone is 1. The first-order valence-corrected chi connectivity index (χ1v) is 5.77. The summed E-state index contributed by atoms with van der Waals surface area (Å²) in [7, 11) is 0. The van der Waals surface area contributed by atoms with E-state index in [0.717, 1.165) is 5.56 Å². The van der Waals surface area contributed by atoms with Crippen LogP contribution in [0.1, 0.15) is 18.6 Å². The van der Waals surface area contributed by atoms with Gasteiger partial charge >= 0.3 is 5.97 Å². The van der Waals surface area contributed by atoms with Gasteiger partial charge in [-0.15, -0.1) is 0 Å². The van der Waals surface area contributed by atoms with Gasteiger partial charge in [0.05, 0.1) is 19.3 Å². The molecule has 1 aliphatic rings. The second-order valence-corrected chi connectivity index (χ2v) is 4.05. The number of esters is 1. The summed E-state index contributed by atoms with van der Waals surface area (Å²) in [6.07, 6.45) is 3.17. The zero-order valence-corrected chi connectivity index (χ0v) is 9.84. The third kappa shape index (κ3) is 2.94. The molecule has 17 heavy (non-hydrogen) atoms. The van der Waals surface area contributed by atoms with E-state index >= 15 is 0 Å². The number of rotatable bonds is 4. The quantitative estimate of drug-likeness (QED) is 0.591. The van der Waals surface area contributed by atoms with Crippen LogP contribution in [-0.4, -0.2) is 19.2 Å². The van der Waals surface area contributed by atoms with Crippen molar-refractivity contribution in [2.45, 2.75) is 13.0 Å². The first-order valence-electron chi connectivity index (χ1n) is 5.77. The Hall–Kier alpha value is -1.61. The standard InChI is InChI=1S/C14H16O3/c1-2-6-13(15)16-9-12-10-17-14(12)11-7-4-3-5-8-11/h2-8,12,14H,9-10H2,1H3. The van der Waals surface area contributed by atoms with Crippen LogP contribution in [0.3, 0.4) is 0 Å². The molecule has 0 aromatic heterocycles. The monoisotopic (exact) mass is 232 g/mol. The number of carbonyl (C=O) groups excluding carboxylic acids is 1. The van der Waals surface area contributed by atoms with Crippen LogP contribution >= 0.6 is 0 Å². The van der Waals surface area contributed by atoms with Crippen molar-refractivity contribution in [3.05, 3.63) is 48.0 Å². The highest BCUT2D eigenvalue weighted by Crippen LogP contribution is 2.35. The van der Waals surface area contributed by atoms with Crippen LogP contribution in [0.5, 0.6) is 0 Å². The van der Waals surface area contributed by atoms with Crippen molar-refractivity contribution in [3.63, 3.8) is 0 Å². The minimum absolute atomic E-state index is 0.0645. The van der Waals surface area contributed by atoms with Crippen molar-refractivity contribution in [2.24, 2.45) is 5.92 Å². The van der Waals surface area contributed by atoms with Crippen LogP contribution in [0.4, 0.5) is 0 Å². The Morgan fingerprint density at radius 3 is 2.82 bits per heavy atom. The smallest absolute Gasteiger partial charge is 0.330 e. The molecule has 0 aliphatic carbocycles. The van der Waals surface area contributed by atoms with Crippen molar-refractivity contribution < 1.29 is 14.3 Å². The molecule has 1 aromatic carbocycles. The van der Waals surface area contributed by atoms with Crippen molar-refractivity contribution in [1.29, 1.82) is 0 Å². The molecule has 1 heterocycles. The average Bonchev–Trinajstić information content (AvgIpc) is 2.29. The molecule has 0 radical (unpaired) electrons. The predicted octanol–water partition coefficient (Wildman–Crippen LogP) is 2.49. The molecule has 1 fully saturated rings. The second kappa shape index (κ2) is 5.64. The first kappa shape index (κ1) is 11.9. The van der Waals surface area contributed by atoms with Gasteiger partial charge in [-0.05, 0) is 12.5 Å². The molecular weight excluding hydrogens is 216 g/mol. The number of ether oxygens (including phenoxy) is 2. The van der Waals surface area contributed by atoms with Gasteiger partial charge in [-0.25, -0.2) is 4.79 Å². The van der Waals surface area contributed by atoms with Crippen LogP contribution in [0.15, 0.2) is 42.5 Å². The van der Waals surface area contributed by atoms with E-state index in [0.29, 0.717) is 13.2 Å². The van der Waals surface area contributed by atoms with Gasteiger partial charge in [-0.2, -0.15) is 0 Å². The lowest BCUT2D eigenvalue weighted by molar-refractivity contribution is -0.160. The maximum Gasteiger partial charge on any atom is 0.330 e. The van der Waals surface area contributed by atoms with E-state index in [1.807, 2.05) is 30.3 Å². The molecule has 2 unspecified atom stereocenters. The summed E-state index contributed by atoms with van der Waals surface area (Å²) in [5.74, 6) is -0.0159. The lowest BCUT2D eigenvalue weighted by Crippen LogP contribution is -2.36. The Balaban J connectivity index is 1.85.